The lowest BCUT2D eigenvalue weighted by Gasteiger charge is -2.29. The normalized spacial score (nSPS) is 24.8. The molecule has 2 saturated heterocycles. The average molecular weight is 352 g/mol. The maximum atomic E-state index is 13.0. The number of fused-ring (bicyclic) bond motifs is 1. The van der Waals surface area contributed by atoms with Gasteiger partial charge in [-0.1, -0.05) is 30.3 Å². The molecule has 136 valence electrons. The number of aromatic nitrogens is 2. The molecule has 0 N–H and O–H groups in total. The van der Waals surface area contributed by atoms with E-state index in [0.29, 0.717) is 31.2 Å². The number of benzene rings is 1. The van der Waals surface area contributed by atoms with E-state index in [1.807, 2.05) is 41.0 Å². The van der Waals surface area contributed by atoms with Crippen LogP contribution in [0.15, 0.2) is 36.4 Å². The Morgan fingerprint density at radius 2 is 1.85 bits per heavy atom. The molecule has 6 nitrogen and oxygen atoms in total. The highest BCUT2D eigenvalue weighted by atomic mass is 16.2. The minimum atomic E-state index is 0.0312. The van der Waals surface area contributed by atoms with Crippen LogP contribution in [0.3, 0.4) is 0 Å². The van der Waals surface area contributed by atoms with E-state index >= 15 is 0 Å². The van der Waals surface area contributed by atoms with Gasteiger partial charge in [-0.2, -0.15) is 5.10 Å². The number of likely N-dealkylation sites (tertiary alicyclic amines) is 2. The molecule has 0 saturated carbocycles. The molecule has 3 atom stereocenters. The first kappa shape index (κ1) is 16.8. The second kappa shape index (κ2) is 6.27. The third kappa shape index (κ3) is 2.69. The van der Waals surface area contributed by atoms with E-state index in [4.69, 9.17) is 0 Å². The van der Waals surface area contributed by atoms with Crippen molar-refractivity contribution >= 4 is 11.8 Å². The Morgan fingerprint density at radius 3 is 2.46 bits per heavy atom. The van der Waals surface area contributed by atoms with Gasteiger partial charge in [0, 0.05) is 45.4 Å². The predicted octanol–water partition coefficient (Wildman–Crippen LogP) is 2.02. The summed E-state index contributed by atoms with van der Waals surface area (Å²) in [5, 5.41) is 4.29. The lowest BCUT2D eigenvalue weighted by atomic mass is 9.89. The van der Waals surface area contributed by atoms with Crippen molar-refractivity contribution in [1.82, 2.24) is 19.6 Å². The molecule has 2 aliphatic rings. The third-order valence-corrected chi connectivity index (χ3v) is 5.72. The zero-order valence-electron chi connectivity index (χ0n) is 15.4. The maximum Gasteiger partial charge on any atom is 0.272 e. The van der Waals surface area contributed by atoms with Crippen molar-refractivity contribution in [2.75, 3.05) is 19.6 Å². The van der Waals surface area contributed by atoms with Gasteiger partial charge in [0.1, 0.15) is 5.69 Å². The number of nitrogens with zero attached hydrogens (tertiary/aromatic N) is 4. The second-order valence-electron chi connectivity index (χ2n) is 7.46. The highest BCUT2D eigenvalue weighted by molar-refractivity contribution is 5.93. The van der Waals surface area contributed by atoms with Crippen LogP contribution in [0.5, 0.6) is 0 Å². The van der Waals surface area contributed by atoms with Crippen LogP contribution in [0.1, 0.15) is 34.7 Å². The van der Waals surface area contributed by atoms with Crippen molar-refractivity contribution in [2.45, 2.75) is 19.9 Å². The van der Waals surface area contributed by atoms with E-state index in [9.17, 15) is 9.59 Å². The minimum Gasteiger partial charge on any atom is -0.337 e. The van der Waals surface area contributed by atoms with Crippen LogP contribution in [-0.4, -0.2) is 51.0 Å². The lowest BCUT2D eigenvalue weighted by molar-refractivity contribution is -0.130. The van der Waals surface area contributed by atoms with Crippen LogP contribution >= 0.6 is 0 Å². The molecule has 3 heterocycles. The second-order valence-corrected chi connectivity index (χ2v) is 7.46. The van der Waals surface area contributed by atoms with Gasteiger partial charge < -0.3 is 9.80 Å². The topological polar surface area (TPSA) is 58.4 Å². The molecule has 0 radical (unpaired) electrons. The van der Waals surface area contributed by atoms with Crippen LogP contribution in [0.2, 0.25) is 0 Å². The summed E-state index contributed by atoms with van der Waals surface area (Å²) in [7, 11) is 1.81. The van der Waals surface area contributed by atoms with Crippen molar-refractivity contribution in [3.8, 4) is 0 Å². The van der Waals surface area contributed by atoms with E-state index in [2.05, 4.69) is 17.2 Å². The number of aryl methyl sites for hydroxylation is 2. The molecule has 4 rings (SSSR count). The monoisotopic (exact) mass is 352 g/mol. The van der Waals surface area contributed by atoms with Gasteiger partial charge in [-0.25, -0.2) is 0 Å². The minimum absolute atomic E-state index is 0.0312. The molecule has 1 aromatic heterocycles. The van der Waals surface area contributed by atoms with E-state index in [0.717, 1.165) is 11.3 Å². The fourth-order valence-corrected chi connectivity index (χ4v) is 4.59. The molecule has 26 heavy (non-hydrogen) atoms. The Balaban J connectivity index is 1.60. The van der Waals surface area contributed by atoms with Gasteiger partial charge in [0.2, 0.25) is 5.91 Å². The van der Waals surface area contributed by atoms with Gasteiger partial charge in [-0.15, -0.1) is 0 Å². The molecule has 0 aliphatic carbocycles. The maximum absolute atomic E-state index is 13.0. The first-order chi connectivity index (χ1) is 12.5. The highest BCUT2D eigenvalue weighted by Gasteiger charge is 2.49. The number of rotatable bonds is 2. The first-order valence-electron chi connectivity index (χ1n) is 9.07. The molecule has 2 aliphatic heterocycles. The molecule has 2 amide bonds. The van der Waals surface area contributed by atoms with Gasteiger partial charge in [0.05, 0.1) is 11.7 Å². The van der Waals surface area contributed by atoms with E-state index < -0.39 is 0 Å². The molecule has 2 aromatic rings. The van der Waals surface area contributed by atoms with Crippen molar-refractivity contribution in [2.24, 2.45) is 18.9 Å². The fourth-order valence-electron chi connectivity index (χ4n) is 4.59. The van der Waals surface area contributed by atoms with Crippen LogP contribution in [0, 0.1) is 18.8 Å². The van der Waals surface area contributed by atoms with Crippen molar-refractivity contribution in [3.05, 3.63) is 53.3 Å². The van der Waals surface area contributed by atoms with Crippen molar-refractivity contribution in [1.29, 1.82) is 0 Å². The van der Waals surface area contributed by atoms with Crippen LogP contribution in [-0.2, 0) is 11.8 Å². The highest BCUT2D eigenvalue weighted by Crippen LogP contribution is 2.45. The van der Waals surface area contributed by atoms with Gasteiger partial charge in [0.25, 0.3) is 5.91 Å². The first-order valence-corrected chi connectivity index (χ1v) is 9.07. The molecular formula is C20H24N4O2. The third-order valence-electron chi connectivity index (χ3n) is 5.72. The quantitative estimate of drug-likeness (QED) is 0.831. The molecule has 6 heteroatoms. The summed E-state index contributed by atoms with van der Waals surface area (Å²) in [6, 6.07) is 12.1. The molecule has 0 spiro atoms. The number of amides is 2. The predicted molar refractivity (Wildman–Crippen MR) is 97.4 cm³/mol. The van der Waals surface area contributed by atoms with Crippen molar-refractivity contribution < 1.29 is 9.59 Å². The molecule has 0 unspecified atom stereocenters. The largest absolute Gasteiger partial charge is 0.337 e. The standard InChI is InChI=1S/C20H24N4O2/c1-13-9-18(22(3)21-13)20(26)23-10-16-11-24(14(2)25)19(17(16)12-23)15-7-5-4-6-8-15/h4-9,16-17,19H,10-12H2,1-3H3/t16-,17-,19+/m1/s1. The smallest absolute Gasteiger partial charge is 0.272 e. The lowest BCUT2D eigenvalue weighted by Crippen LogP contribution is -2.37. The average Bonchev–Trinajstić information content (AvgIpc) is 3.26. The van der Waals surface area contributed by atoms with Gasteiger partial charge >= 0.3 is 0 Å². The number of hydrogen-bond donors (Lipinski definition) is 0. The number of carbonyl (C=O) groups excluding carboxylic acids is 2. The Kier molecular flexibility index (Phi) is 4.05. The molecule has 1 aromatic carbocycles. The van der Waals surface area contributed by atoms with E-state index in [1.165, 1.54) is 0 Å². The van der Waals surface area contributed by atoms with Crippen LogP contribution in [0.25, 0.3) is 0 Å². The number of carbonyl (C=O) groups is 2. The summed E-state index contributed by atoms with van der Waals surface area (Å²) in [6.07, 6.45) is 0. The molecular weight excluding hydrogens is 328 g/mol. The van der Waals surface area contributed by atoms with Crippen LogP contribution < -0.4 is 0 Å². The SMILES string of the molecule is CC(=O)N1C[C@H]2CN(C(=O)c3cc(C)nn3C)C[C@H]2[C@@H]1c1ccccc1. The zero-order valence-corrected chi connectivity index (χ0v) is 15.4. The summed E-state index contributed by atoms with van der Waals surface area (Å²) < 4.78 is 1.66. The summed E-state index contributed by atoms with van der Waals surface area (Å²) in [6.45, 7) is 5.62. The molecule has 2 fully saturated rings. The Morgan fingerprint density at radius 1 is 1.12 bits per heavy atom. The summed E-state index contributed by atoms with van der Waals surface area (Å²) >= 11 is 0. The number of hydrogen-bond acceptors (Lipinski definition) is 3. The van der Waals surface area contributed by atoms with E-state index in [1.54, 1.807) is 18.7 Å². The zero-order chi connectivity index (χ0) is 18.4. The molecule has 0 bridgehead atoms. The summed E-state index contributed by atoms with van der Waals surface area (Å²) in [4.78, 5) is 29.0. The van der Waals surface area contributed by atoms with Crippen molar-refractivity contribution in [3.63, 3.8) is 0 Å². The fraction of sp³-hybridized carbons (Fsp3) is 0.450. The Hall–Kier alpha value is -2.63. The van der Waals surface area contributed by atoms with Crippen LogP contribution in [0.4, 0.5) is 0 Å². The Bertz CT molecular complexity index is 845. The summed E-state index contributed by atoms with van der Waals surface area (Å²) in [5.74, 6) is 0.735. The van der Waals surface area contributed by atoms with Gasteiger partial charge in [-0.05, 0) is 18.6 Å². The summed E-state index contributed by atoms with van der Waals surface area (Å²) in [5.41, 5.74) is 2.63. The van der Waals surface area contributed by atoms with E-state index in [-0.39, 0.29) is 23.8 Å². The Labute approximate surface area is 153 Å². The van der Waals surface area contributed by atoms with Gasteiger partial charge in [-0.3, -0.25) is 14.3 Å². The van der Waals surface area contributed by atoms with Gasteiger partial charge in [0.15, 0.2) is 0 Å².